The monoisotopic (exact) mass is 382 g/mol. The molecule has 0 spiro atoms. The zero-order valence-electron chi connectivity index (χ0n) is 16.1. The van der Waals surface area contributed by atoms with Crippen molar-refractivity contribution in [2.45, 2.75) is 38.5 Å². The van der Waals surface area contributed by atoms with Crippen molar-refractivity contribution in [2.75, 3.05) is 18.6 Å². The minimum absolute atomic E-state index is 0.0417. The van der Waals surface area contributed by atoms with Gasteiger partial charge < -0.3 is 19.7 Å². The van der Waals surface area contributed by atoms with E-state index in [1.807, 2.05) is 26.0 Å². The van der Waals surface area contributed by atoms with Gasteiger partial charge in [0.15, 0.2) is 5.69 Å². The molecule has 0 aliphatic carbocycles. The Morgan fingerprint density at radius 2 is 2.14 bits per heavy atom. The molecule has 8 nitrogen and oxygen atoms in total. The van der Waals surface area contributed by atoms with Crippen molar-refractivity contribution in [2.24, 2.45) is 0 Å². The molecule has 2 aliphatic heterocycles. The number of hydrogen-bond donors (Lipinski definition) is 1. The van der Waals surface area contributed by atoms with Gasteiger partial charge in [0.05, 0.1) is 23.6 Å². The maximum Gasteiger partial charge on any atom is 0.272 e. The van der Waals surface area contributed by atoms with E-state index >= 15 is 0 Å². The molecule has 3 heterocycles. The normalized spacial score (nSPS) is 23.5. The number of anilines is 1. The number of benzene rings is 1. The molecule has 0 fully saturated rings. The van der Waals surface area contributed by atoms with Gasteiger partial charge in [-0.2, -0.15) is 5.10 Å². The number of fused-ring (bicyclic) bond motifs is 2. The topological polar surface area (TPSA) is 93.7 Å². The molecule has 8 heteroatoms. The van der Waals surface area contributed by atoms with E-state index in [1.54, 1.807) is 25.2 Å². The van der Waals surface area contributed by atoms with Gasteiger partial charge in [0.2, 0.25) is 0 Å². The van der Waals surface area contributed by atoms with Gasteiger partial charge in [0.25, 0.3) is 11.8 Å². The van der Waals surface area contributed by atoms with Crippen LogP contribution in [-0.2, 0) is 21.7 Å². The lowest BCUT2D eigenvalue weighted by atomic mass is 9.94. The quantitative estimate of drug-likeness (QED) is 0.870. The van der Waals surface area contributed by atoms with Crippen LogP contribution in [0.1, 0.15) is 42.0 Å². The second kappa shape index (κ2) is 6.87. The number of nitrogens with zero attached hydrogens (tertiary/aromatic N) is 3. The molecule has 1 aromatic heterocycles. The zero-order chi connectivity index (χ0) is 19.9. The SMILES string of the molecule is CCC1(C)OCc2nnc(C(=O)N[C@H]3COc4ccccc4N(C)C3=O)cc21. The molecule has 0 saturated carbocycles. The molecule has 0 bridgehead atoms. The largest absolute Gasteiger partial charge is 0.489 e. The van der Waals surface area contributed by atoms with Crippen LogP contribution >= 0.6 is 0 Å². The van der Waals surface area contributed by atoms with Crippen molar-refractivity contribution >= 4 is 17.5 Å². The summed E-state index contributed by atoms with van der Waals surface area (Å²) in [6.45, 7) is 4.41. The molecule has 0 radical (unpaired) electrons. The number of carbonyl (C=O) groups is 2. The lowest BCUT2D eigenvalue weighted by Gasteiger charge is -2.22. The standard InChI is InChI=1S/C20H22N4O4/c1-4-20(2)12-9-13(22-23-14(12)11-28-20)18(25)21-15-10-27-17-8-6-5-7-16(17)24(3)19(15)26/h5-9,15H,4,10-11H2,1-3H3,(H,21,25)/t15-,20?/m0/s1. The minimum atomic E-state index is -0.825. The Morgan fingerprint density at radius 3 is 2.93 bits per heavy atom. The number of nitrogens with one attached hydrogen (secondary N) is 1. The summed E-state index contributed by atoms with van der Waals surface area (Å²) >= 11 is 0. The van der Waals surface area contributed by atoms with Gasteiger partial charge in [-0.15, -0.1) is 5.10 Å². The van der Waals surface area contributed by atoms with Crippen LogP contribution in [-0.4, -0.2) is 41.7 Å². The first-order chi connectivity index (χ1) is 13.4. The first-order valence-corrected chi connectivity index (χ1v) is 9.24. The second-order valence-corrected chi connectivity index (χ2v) is 7.17. The Balaban J connectivity index is 1.55. The predicted molar refractivity (Wildman–Crippen MR) is 101 cm³/mol. The van der Waals surface area contributed by atoms with E-state index in [0.717, 1.165) is 17.7 Å². The van der Waals surface area contributed by atoms with Crippen molar-refractivity contribution in [3.63, 3.8) is 0 Å². The van der Waals surface area contributed by atoms with E-state index in [9.17, 15) is 9.59 Å². The van der Waals surface area contributed by atoms with Crippen LogP contribution in [0.15, 0.2) is 30.3 Å². The summed E-state index contributed by atoms with van der Waals surface area (Å²) in [5.41, 5.74) is 1.94. The molecule has 1 N–H and O–H groups in total. The van der Waals surface area contributed by atoms with Crippen molar-refractivity contribution < 1.29 is 19.1 Å². The van der Waals surface area contributed by atoms with Gasteiger partial charge in [-0.25, -0.2) is 0 Å². The summed E-state index contributed by atoms with van der Waals surface area (Å²) in [7, 11) is 1.66. The van der Waals surface area contributed by atoms with Crippen LogP contribution < -0.4 is 15.0 Å². The van der Waals surface area contributed by atoms with E-state index < -0.39 is 17.6 Å². The third-order valence-electron chi connectivity index (χ3n) is 5.44. The molecule has 2 aromatic rings. The Kier molecular flexibility index (Phi) is 4.50. The maximum absolute atomic E-state index is 12.8. The smallest absolute Gasteiger partial charge is 0.272 e. The van der Waals surface area contributed by atoms with Crippen LogP contribution in [0.3, 0.4) is 0 Å². The molecule has 2 atom stereocenters. The van der Waals surface area contributed by atoms with Gasteiger partial charge in [-0.1, -0.05) is 19.1 Å². The molecule has 0 saturated heterocycles. The van der Waals surface area contributed by atoms with Crippen LogP contribution in [0.4, 0.5) is 5.69 Å². The average molecular weight is 382 g/mol. The van der Waals surface area contributed by atoms with E-state index in [0.29, 0.717) is 18.0 Å². The first kappa shape index (κ1) is 18.4. The van der Waals surface area contributed by atoms with Crippen LogP contribution in [0.2, 0.25) is 0 Å². The summed E-state index contributed by atoms with van der Waals surface area (Å²) in [4.78, 5) is 27.0. The maximum atomic E-state index is 12.8. The predicted octanol–water partition coefficient (Wildman–Crippen LogP) is 1.79. The molecule has 2 amide bonds. The first-order valence-electron chi connectivity index (χ1n) is 9.24. The number of aromatic nitrogens is 2. The highest BCUT2D eigenvalue weighted by molar-refractivity contribution is 6.02. The Morgan fingerprint density at radius 1 is 1.36 bits per heavy atom. The fourth-order valence-corrected chi connectivity index (χ4v) is 3.48. The number of hydrogen-bond acceptors (Lipinski definition) is 6. The highest BCUT2D eigenvalue weighted by Gasteiger charge is 2.37. The van der Waals surface area contributed by atoms with Gasteiger partial charge in [0.1, 0.15) is 18.4 Å². The van der Waals surface area contributed by atoms with Crippen LogP contribution in [0, 0.1) is 0 Å². The van der Waals surface area contributed by atoms with Crippen LogP contribution in [0.5, 0.6) is 5.75 Å². The number of likely N-dealkylation sites (N-methyl/N-ethyl adjacent to an activating group) is 1. The van der Waals surface area contributed by atoms with Gasteiger partial charge in [0, 0.05) is 12.6 Å². The summed E-state index contributed by atoms with van der Waals surface area (Å²) in [6, 6.07) is 8.14. The Labute approximate surface area is 162 Å². The zero-order valence-corrected chi connectivity index (χ0v) is 16.1. The van der Waals surface area contributed by atoms with Gasteiger partial charge in [-0.3, -0.25) is 9.59 Å². The van der Waals surface area contributed by atoms with E-state index in [4.69, 9.17) is 9.47 Å². The van der Waals surface area contributed by atoms with Crippen molar-refractivity contribution in [1.82, 2.24) is 15.5 Å². The third kappa shape index (κ3) is 2.99. The number of amides is 2. The molecular weight excluding hydrogens is 360 g/mol. The Hall–Kier alpha value is -3.00. The molecule has 1 aromatic carbocycles. The second-order valence-electron chi connectivity index (χ2n) is 7.17. The molecular formula is C20H22N4O4. The van der Waals surface area contributed by atoms with E-state index in [1.165, 1.54) is 4.90 Å². The van der Waals surface area contributed by atoms with Crippen molar-refractivity contribution in [3.05, 3.63) is 47.3 Å². The number of para-hydroxylation sites is 2. The molecule has 1 unspecified atom stereocenters. The van der Waals surface area contributed by atoms with E-state index in [2.05, 4.69) is 15.5 Å². The summed E-state index contributed by atoms with van der Waals surface area (Å²) in [5.74, 6) is -0.126. The molecule has 28 heavy (non-hydrogen) atoms. The number of rotatable bonds is 3. The summed E-state index contributed by atoms with van der Waals surface area (Å²) in [6.07, 6.45) is 0.755. The van der Waals surface area contributed by atoms with Gasteiger partial charge >= 0.3 is 0 Å². The lowest BCUT2D eigenvalue weighted by Crippen LogP contribution is -2.49. The average Bonchev–Trinajstić information content (AvgIpc) is 3.01. The fourth-order valence-electron chi connectivity index (χ4n) is 3.48. The highest BCUT2D eigenvalue weighted by Crippen LogP contribution is 2.37. The van der Waals surface area contributed by atoms with E-state index in [-0.39, 0.29) is 18.2 Å². The summed E-state index contributed by atoms with van der Waals surface area (Å²) < 4.78 is 11.5. The number of carbonyl (C=O) groups excluding carboxylic acids is 2. The molecule has 2 aliphatic rings. The lowest BCUT2D eigenvalue weighted by molar-refractivity contribution is -0.120. The van der Waals surface area contributed by atoms with Crippen molar-refractivity contribution in [3.8, 4) is 5.75 Å². The Bertz CT molecular complexity index is 948. The highest BCUT2D eigenvalue weighted by atomic mass is 16.5. The van der Waals surface area contributed by atoms with Gasteiger partial charge in [-0.05, 0) is 31.5 Å². The molecule has 146 valence electrons. The minimum Gasteiger partial charge on any atom is -0.489 e. The molecule has 4 rings (SSSR count). The fraction of sp³-hybridized carbons (Fsp3) is 0.400. The summed E-state index contributed by atoms with van der Waals surface area (Å²) in [5, 5.41) is 10.9. The third-order valence-corrected chi connectivity index (χ3v) is 5.44. The number of ether oxygens (including phenoxy) is 2. The van der Waals surface area contributed by atoms with Crippen LogP contribution in [0.25, 0.3) is 0 Å². The van der Waals surface area contributed by atoms with Crippen molar-refractivity contribution in [1.29, 1.82) is 0 Å².